The average Bonchev–Trinajstić information content (AvgIpc) is 3.39. The summed E-state index contributed by atoms with van der Waals surface area (Å²) in [5, 5.41) is 4.03. The van der Waals surface area contributed by atoms with Gasteiger partial charge in [-0.1, -0.05) is 30.3 Å². The van der Waals surface area contributed by atoms with Crippen LogP contribution >= 0.6 is 0 Å². The standard InChI is InChI=1S/C20H23N5O3S/c1-2-24-15-18(12-21-24)29(27,28)22-11-17-14-23-10-6-9-19(23)20(26)25(17)13-16-7-4-3-5-8-16/h3-10,12,15,17,22H,2,11,13-14H2,1H3. The highest BCUT2D eigenvalue weighted by molar-refractivity contribution is 7.89. The molecule has 0 radical (unpaired) electrons. The normalized spacial score (nSPS) is 16.8. The molecule has 29 heavy (non-hydrogen) atoms. The Morgan fingerprint density at radius 3 is 2.69 bits per heavy atom. The molecule has 1 unspecified atom stereocenters. The van der Waals surface area contributed by atoms with Crippen molar-refractivity contribution in [1.82, 2.24) is 24.0 Å². The first-order valence-electron chi connectivity index (χ1n) is 9.50. The molecule has 2 aromatic heterocycles. The lowest BCUT2D eigenvalue weighted by Gasteiger charge is -2.36. The molecule has 1 aliphatic rings. The molecule has 1 aromatic carbocycles. The summed E-state index contributed by atoms with van der Waals surface area (Å²) in [4.78, 5) is 14.9. The van der Waals surface area contributed by atoms with E-state index in [2.05, 4.69) is 9.82 Å². The fourth-order valence-corrected chi connectivity index (χ4v) is 4.53. The Bertz CT molecular complexity index is 1100. The molecule has 8 nitrogen and oxygen atoms in total. The predicted molar refractivity (Wildman–Crippen MR) is 108 cm³/mol. The number of benzene rings is 1. The number of carbonyl (C=O) groups excluding carboxylic acids is 1. The van der Waals surface area contributed by atoms with E-state index in [0.29, 0.717) is 25.3 Å². The van der Waals surface area contributed by atoms with Crippen LogP contribution in [0.3, 0.4) is 0 Å². The zero-order valence-electron chi connectivity index (χ0n) is 16.1. The van der Waals surface area contributed by atoms with Crippen molar-refractivity contribution in [2.75, 3.05) is 6.54 Å². The number of nitrogens with one attached hydrogen (secondary N) is 1. The van der Waals surface area contributed by atoms with Crippen molar-refractivity contribution in [3.63, 3.8) is 0 Å². The minimum atomic E-state index is -3.71. The average molecular weight is 414 g/mol. The summed E-state index contributed by atoms with van der Waals surface area (Å²) >= 11 is 0. The van der Waals surface area contributed by atoms with Crippen molar-refractivity contribution in [2.24, 2.45) is 0 Å². The van der Waals surface area contributed by atoms with Gasteiger partial charge in [0.25, 0.3) is 5.91 Å². The van der Waals surface area contributed by atoms with E-state index in [1.54, 1.807) is 15.6 Å². The van der Waals surface area contributed by atoms with Crippen LogP contribution in [0.5, 0.6) is 0 Å². The number of fused-ring (bicyclic) bond motifs is 1. The monoisotopic (exact) mass is 413 g/mol. The minimum Gasteiger partial charge on any atom is -0.341 e. The van der Waals surface area contributed by atoms with Gasteiger partial charge in [0.1, 0.15) is 10.6 Å². The van der Waals surface area contributed by atoms with Crippen LogP contribution in [-0.4, -0.2) is 46.2 Å². The van der Waals surface area contributed by atoms with Crippen molar-refractivity contribution in [1.29, 1.82) is 0 Å². The number of aromatic nitrogens is 3. The summed E-state index contributed by atoms with van der Waals surface area (Å²) in [5.41, 5.74) is 1.61. The number of hydrogen-bond acceptors (Lipinski definition) is 4. The van der Waals surface area contributed by atoms with Gasteiger partial charge in [-0.15, -0.1) is 0 Å². The van der Waals surface area contributed by atoms with Gasteiger partial charge < -0.3 is 9.47 Å². The predicted octanol–water partition coefficient (Wildman–Crippen LogP) is 1.71. The first-order valence-corrected chi connectivity index (χ1v) is 11.0. The Balaban J connectivity index is 1.55. The van der Waals surface area contributed by atoms with E-state index in [4.69, 9.17) is 0 Å². The molecule has 0 fully saturated rings. The summed E-state index contributed by atoms with van der Waals surface area (Å²) < 4.78 is 31.4. The van der Waals surface area contributed by atoms with E-state index >= 15 is 0 Å². The second-order valence-corrected chi connectivity index (χ2v) is 8.77. The summed E-state index contributed by atoms with van der Waals surface area (Å²) in [6, 6.07) is 13.0. The van der Waals surface area contributed by atoms with E-state index in [1.165, 1.54) is 12.4 Å². The van der Waals surface area contributed by atoms with Crippen molar-refractivity contribution in [2.45, 2.75) is 37.5 Å². The van der Waals surface area contributed by atoms with Gasteiger partial charge in [0.15, 0.2) is 0 Å². The molecule has 0 spiro atoms. The summed E-state index contributed by atoms with van der Waals surface area (Å²) in [6.07, 6.45) is 4.68. The van der Waals surface area contributed by atoms with Gasteiger partial charge in [-0.2, -0.15) is 5.10 Å². The Morgan fingerprint density at radius 2 is 1.97 bits per heavy atom. The quantitative estimate of drug-likeness (QED) is 0.639. The van der Waals surface area contributed by atoms with Gasteiger partial charge in [0.05, 0.1) is 12.2 Å². The maximum atomic E-state index is 13.0. The first-order chi connectivity index (χ1) is 14.0. The van der Waals surface area contributed by atoms with Gasteiger partial charge in [0.2, 0.25) is 10.0 Å². The van der Waals surface area contributed by atoms with Gasteiger partial charge in [-0.3, -0.25) is 9.48 Å². The van der Waals surface area contributed by atoms with Crippen molar-refractivity contribution in [3.05, 3.63) is 72.3 Å². The lowest BCUT2D eigenvalue weighted by Crippen LogP contribution is -2.52. The van der Waals surface area contributed by atoms with Crippen LogP contribution in [0, 0.1) is 0 Å². The van der Waals surface area contributed by atoms with Gasteiger partial charge in [-0.25, -0.2) is 13.1 Å². The van der Waals surface area contributed by atoms with Crippen molar-refractivity contribution >= 4 is 15.9 Å². The third-order valence-corrected chi connectivity index (χ3v) is 6.48. The van der Waals surface area contributed by atoms with Crippen LogP contribution in [0.25, 0.3) is 0 Å². The third-order valence-electron chi connectivity index (χ3n) is 5.11. The number of amides is 1. The van der Waals surface area contributed by atoms with Gasteiger partial charge in [0, 0.05) is 38.6 Å². The highest BCUT2D eigenvalue weighted by Gasteiger charge is 2.33. The van der Waals surface area contributed by atoms with E-state index in [0.717, 1.165) is 5.56 Å². The van der Waals surface area contributed by atoms with Gasteiger partial charge in [-0.05, 0) is 24.6 Å². The summed E-state index contributed by atoms with van der Waals surface area (Å²) in [5.74, 6) is -0.104. The zero-order valence-corrected chi connectivity index (χ0v) is 16.9. The molecule has 1 N–H and O–H groups in total. The number of carbonyl (C=O) groups is 1. The maximum absolute atomic E-state index is 13.0. The number of rotatable bonds is 7. The zero-order chi connectivity index (χ0) is 20.4. The molecular weight excluding hydrogens is 390 g/mol. The SMILES string of the molecule is CCn1cc(S(=O)(=O)NCC2Cn3cccc3C(=O)N2Cc2ccccc2)cn1. The molecule has 0 bridgehead atoms. The van der Waals surface area contributed by atoms with Gasteiger partial charge >= 0.3 is 0 Å². The number of aryl methyl sites for hydroxylation is 1. The molecule has 4 rings (SSSR count). The Morgan fingerprint density at radius 1 is 1.17 bits per heavy atom. The largest absolute Gasteiger partial charge is 0.341 e. The molecule has 1 atom stereocenters. The second kappa shape index (κ2) is 7.84. The third kappa shape index (κ3) is 3.96. The van der Waals surface area contributed by atoms with Crippen LogP contribution in [0.15, 0.2) is 66.0 Å². The number of hydrogen-bond donors (Lipinski definition) is 1. The molecular formula is C20H23N5O3S. The Kier molecular flexibility index (Phi) is 5.25. The topological polar surface area (TPSA) is 89.2 Å². The van der Waals surface area contributed by atoms with Crippen LogP contribution in [0.2, 0.25) is 0 Å². The minimum absolute atomic E-state index is 0.104. The molecule has 0 saturated carbocycles. The molecule has 1 aliphatic heterocycles. The number of nitrogens with zero attached hydrogens (tertiary/aromatic N) is 4. The maximum Gasteiger partial charge on any atom is 0.271 e. The van der Waals surface area contributed by atoms with Crippen molar-refractivity contribution in [3.8, 4) is 0 Å². The van der Waals surface area contributed by atoms with Crippen LogP contribution < -0.4 is 4.72 Å². The molecule has 9 heteroatoms. The summed E-state index contributed by atoms with van der Waals surface area (Å²) in [7, 11) is -3.71. The van der Waals surface area contributed by atoms with E-state index < -0.39 is 10.0 Å². The highest BCUT2D eigenvalue weighted by atomic mass is 32.2. The lowest BCUT2D eigenvalue weighted by molar-refractivity contribution is 0.0578. The van der Waals surface area contributed by atoms with E-state index in [1.807, 2.05) is 54.1 Å². The molecule has 152 valence electrons. The molecule has 3 aromatic rings. The van der Waals surface area contributed by atoms with E-state index in [-0.39, 0.29) is 23.4 Å². The first kappa shape index (κ1) is 19.4. The summed E-state index contributed by atoms with van der Waals surface area (Å²) in [6.45, 7) is 3.55. The lowest BCUT2D eigenvalue weighted by atomic mass is 10.1. The van der Waals surface area contributed by atoms with Crippen LogP contribution in [-0.2, 0) is 29.7 Å². The Labute approximate surface area is 169 Å². The fraction of sp³-hybridized carbons (Fsp3) is 0.300. The van der Waals surface area contributed by atoms with Crippen LogP contribution in [0.1, 0.15) is 23.0 Å². The van der Waals surface area contributed by atoms with Crippen molar-refractivity contribution < 1.29 is 13.2 Å². The number of sulfonamides is 1. The van der Waals surface area contributed by atoms with Crippen LogP contribution in [0.4, 0.5) is 0 Å². The van der Waals surface area contributed by atoms with E-state index in [9.17, 15) is 13.2 Å². The molecule has 3 heterocycles. The smallest absolute Gasteiger partial charge is 0.271 e. The highest BCUT2D eigenvalue weighted by Crippen LogP contribution is 2.21. The fourth-order valence-electron chi connectivity index (χ4n) is 3.51. The second-order valence-electron chi connectivity index (χ2n) is 7.00. The Hall–Kier alpha value is -2.91. The molecule has 0 aliphatic carbocycles. The molecule has 0 saturated heterocycles. The molecule has 1 amide bonds.